The third-order valence-electron chi connectivity index (χ3n) is 3.68. The van der Waals surface area contributed by atoms with Crippen LogP contribution in [0.15, 0.2) is 6.07 Å². The van der Waals surface area contributed by atoms with Crippen LogP contribution in [0.2, 0.25) is 0 Å². The number of amides is 1. The van der Waals surface area contributed by atoms with E-state index >= 15 is 0 Å². The molecule has 1 saturated carbocycles. The molecule has 1 amide bonds. The van der Waals surface area contributed by atoms with Crippen LogP contribution in [0.25, 0.3) is 0 Å². The second-order valence-electron chi connectivity index (χ2n) is 5.52. The maximum atomic E-state index is 12.8. The molecule has 1 aliphatic carbocycles. The van der Waals surface area contributed by atoms with Crippen molar-refractivity contribution in [2.75, 3.05) is 26.3 Å². The van der Waals surface area contributed by atoms with Crippen molar-refractivity contribution in [2.45, 2.75) is 31.5 Å². The number of rotatable bonds is 4. The first-order valence-electron chi connectivity index (χ1n) is 7.20. The van der Waals surface area contributed by atoms with Crippen molar-refractivity contribution in [3.05, 3.63) is 17.5 Å². The molecule has 22 heavy (non-hydrogen) atoms. The molecule has 3 rings (SSSR count). The summed E-state index contributed by atoms with van der Waals surface area (Å²) in [6.07, 6.45) is -2.81. The average molecular weight is 318 g/mol. The Labute approximate surface area is 125 Å². The minimum Gasteiger partial charge on any atom is -0.379 e. The van der Waals surface area contributed by atoms with E-state index in [2.05, 4.69) is 10.5 Å². The molecule has 1 aromatic rings. The summed E-state index contributed by atoms with van der Waals surface area (Å²) >= 11 is 0. The zero-order valence-electron chi connectivity index (χ0n) is 11.9. The van der Waals surface area contributed by atoms with Gasteiger partial charge < -0.3 is 4.74 Å². The average Bonchev–Trinajstić information content (AvgIpc) is 3.20. The number of carbonyl (C=O) groups excluding carboxylic acids is 1. The molecule has 1 N–H and O–H groups in total. The number of halogens is 3. The summed E-state index contributed by atoms with van der Waals surface area (Å²) in [6.45, 7) is 1.96. The molecule has 0 aromatic carbocycles. The number of alkyl halides is 3. The van der Waals surface area contributed by atoms with E-state index in [1.807, 2.05) is 0 Å². The highest BCUT2D eigenvalue weighted by molar-refractivity contribution is 5.75. The first-order valence-corrected chi connectivity index (χ1v) is 7.20. The second-order valence-corrected chi connectivity index (χ2v) is 5.52. The van der Waals surface area contributed by atoms with Gasteiger partial charge in [-0.15, -0.1) is 0 Å². The van der Waals surface area contributed by atoms with E-state index < -0.39 is 11.9 Å². The number of nitrogens with zero attached hydrogens (tertiary/aromatic N) is 3. The van der Waals surface area contributed by atoms with Crippen molar-refractivity contribution >= 4 is 5.91 Å². The van der Waals surface area contributed by atoms with Gasteiger partial charge in [-0.2, -0.15) is 18.3 Å². The monoisotopic (exact) mass is 318 g/mol. The first-order chi connectivity index (χ1) is 10.4. The topological polar surface area (TPSA) is 59.4 Å². The van der Waals surface area contributed by atoms with Crippen LogP contribution < -0.4 is 5.43 Å². The fourth-order valence-electron chi connectivity index (χ4n) is 2.43. The number of hydrogen-bond donors (Lipinski definition) is 1. The molecule has 0 bridgehead atoms. The number of carbonyl (C=O) groups is 1. The molecule has 122 valence electrons. The fraction of sp³-hybridized carbons (Fsp3) is 0.692. The third kappa shape index (κ3) is 3.58. The lowest BCUT2D eigenvalue weighted by Crippen LogP contribution is -2.49. The number of nitrogens with one attached hydrogen (secondary N) is 1. The Kier molecular flexibility index (Phi) is 4.09. The Morgan fingerprint density at radius 1 is 1.36 bits per heavy atom. The van der Waals surface area contributed by atoms with Crippen LogP contribution in [0.4, 0.5) is 13.2 Å². The molecule has 2 heterocycles. The third-order valence-corrected chi connectivity index (χ3v) is 3.68. The van der Waals surface area contributed by atoms with Crippen LogP contribution in [-0.2, 0) is 22.3 Å². The van der Waals surface area contributed by atoms with Gasteiger partial charge in [0.2, 0.25) is 0 Å². The van der Waals surface area contributed by atoms with Crippen molar-refractivity contribution < 1.29 is 22.7 Å². The van der Waals surface area contributed by atoms with E-state index in [1.54, 1.807) is 5.01 Å². The smallest absolute Gasteiger partial charge is 0.379 e. The molecule has 1 aliphatic heterocycles. The molecule has 0 unspecified atom stereocenters. The largest absolute Gasteiger partial charge is 0.435 e. The highest BCUT2D eigenvalue weighted by Gasteiger charge is 2.38. The van der Waals surface area contributed by atoms with Gasteiger partial charge in [0.25, 0.3) is 5.91 Å². The molecule has 1 saturated heterocycles. The second kappa shape index (κ2) is 5.88. The highest BCUT2D eigenvalue weighted by Crippen LogP contribution is 2.42. The summed E-state index contributed by atoms with van der Waals surface area (Å²) in [5.74, 6) is -0.291. The Hall–Kier alpha value is -1.61. The molecule has 0 spiro atoms. The van der Waals surface area contributed by atoms with Crippen molar-refractivity contribution in [1.82, 2.24) is 20.2 Å². The van der Waals surface area contributed by atoms with Gasteiger partial charge in [-0.3, -0.25) is 14.9 Å². The zero-order chi connectivity index (χ0) is 15.7. The molecule has 0 radical (unpaired) electrons. The van der Waals surface area contributed by atoms with Gasteiger partial charge in [-0.1, -0.05) is 0 Å². The Morgan fingerprint density at radius 2 is 2.05 bits per heavy atom. The predicted molar refractivity (Wildman–Crippen MR) is 69.7 cm³/mol. The van der Waals surface area contributed by atoms with E-state index in [0.29, 0.717) is 32.0 Å². The standard InChI is InChI=1S/C13H17F3N4O2/c14-13(15,16)11-7-10(9-1-2-9)20(17-11)8-12(21)18-19-3-5-22-6-4-19/h7,9H,1-6,8H2,(H,18,21). The molecule has 1 aromatic heterocycles. The van der Waals surface area contributed by atoms with Crippen LogP contribution in [0, 0.1) is 0 Å². The lowest BCUT2D eigenvalue weighted by atomic mass is 10.2. The molecular formula is C13H17F3N4O2. The van der Waals surface area contributed by atoms with Crippen LogP contribution in [0.5, 0.6) is 0 Å². The summed E-state index contributed by atoms with van der Waals surface area (Å²) in [6, 6.07) is 1.06. The Morgan fingerprint density at radius 3 is 2.64 bits per heavy atom. The van der Waals surface area contributed by atoms with Gasteiger partial charge in [0.15, 0.2) is 5.69 Å². The quantitative estimate of drug-likeness (QED) is 0.904. The van der Waals surface area contributed by atoms with E-state index in [1.165, 1.54) is 4.68 Å². The van der Waals surface area contributed by atoms with Gasteiger partial charge in [0.1, 0.15) is 6.54 Å². The van der Waals surface area contributed by atoms with Gasteiger partial charge >= 0.3 is 6.18 Å². The summed E-state index contributed by atoms with van der Waals surface area (Å²) in [7, 11) is 0. The van der Waals surface area contributed by atoms with Crippen LogP contribution in [0.1, 0.15) is 30.1 Å². The van der Waals surface area contributed by atoms with E-state index in [0.717, 1.165) is 18.9 Å². The molecular weight excluding hydrogens is 301 g/mol. The number of hydrogen-bond acceptors (Lipinski definition) is 4. The maximum Gasteiger partial charge on any atom is 0.435 e. The van der Waals surface area contributed by atoms with E-state index in [9.17, 15) is 18.0 Å². The lowest BCUT2D eigenvalue weighted by molar-refractivity contribution is -0.142. The SMILES string of the molecule is O=C(Cn1nc(C(F)(F)F)cc1C1CC1)NN1CCOCC1. The molecule has 6 nitrogen and oxygen atoms in total. The lowest BCUT2D eigenvalue weighted by Gasteiger charge is -2.27. The fourth-order valence-corrected chi connectivity index (χ4v) is 2.43. The van der Waals surface area contributed by atoms with Crippen LogP contribution >= 0.6 is 0 Å². The van der Waals surface area contributed by atoms with Gasteiger partial charge in [0, 0.05) is 24.7 Å². The van der Waals surface area contributed by atoms with Crippen molar-refractivity contribution in [3.63, 3.8) is 0 Å². The number of aromatic nitrogens is 2. The van der Waals surface area contributed by atoms with Crippen molar-refractivity contribution in [2.24, 2.45) is 0 Å². The minimum absolute atomic E-state index is 0.0831. The van der Waals surface area contributed by atoms with Gasteiger partial charge in [-0.05, 0) is 18.9 Å². The summed E-state index contributed by atoms with van der Waals surface area (Å²) in [5.41, 5.74) is 2.23. The summed E-state index contributed by atoms with van der Waals surface area (Å²) in [4.78, 5) is 12.0. The minimum atomic E-state index is -4.49. The zero-order valence-corrected chi connectivity index (χ0v) is 11.9. The molecule has 2 fully saturated rings. The van der Waals surface area contributed by atoms with E-state index in [-0.39, 0.29) is 18.4 Å². The maximum absolute atomic E-state index is 12.8. The number of ether oxygens (including phenoxy) is 1. The van der Waals surface area contributed by atoms with E-state index in [4.69, 9.17) is 4.74 Å². The first kappa shape index (κ1) is 15.3. The van der Waals surface area contributed by atoms with Crippen LogP contribution in [0.3, 0.4) is 0 Å². The number of morpholine rings is 1. The number of hydrazine groups is 1. The van der Waals surface area contributed by atoms with Crippen molar-refractivity contribution in [3.8, 4) is 0 Å². The van der Waals surface area contributed by atoms with Crippen molar-refractivity contribution in [1.29, 1.82) is 0 Å². The molecule has 2 aliphatic rings. The summed E-state index contributed by atoms with van der Waals surface area (Å²) < 4.78 is 44.7. The highest BCUT2D eigenvalue weighted by atomic mass is 19.4. The van der Waals surface area contributed by atoms with Gasteiger partial charge in [0.05, 0.1) is 13.2 Å². The predicted octanol–water partition coefficient (Wildman–Crippen LogP) is 1.14. The summed E-state index contributed by atoms with van der Waals surface area (Å²) in [5, 5.41) is 5.27. The Balaban J connectivity index is 1.68. The van der Waals surface area contributed by atoms with Crippen LogP contribution in [-0.4, -0.2) is 47.0 Å². The van der Waals surface area contributed by atoms with Gasteiger partial charge in [-0.25, -0.2) is 5.01 Å². The Bertz CT molecular complexity index is 548. The normalized spacial score (nSPS) is 20.1. The molecule has 9 heteroatoms. The molecule has 0 atom stereocenters.